The van der Waals surface area contributed by atoms with Gasteiger partial charge in [0.25, 0.3) is 5.56 Å². The SMILES string of the molecule is O=c1c2ccccc2nnn1CSc1nnc(-c2ccc(F)cc2)n1CC1CCCO1. The summed E-state index contributed by atoms with van der Waals surface area (Å²) in [6, 6.07) is 13.3. The van der Waals surface area contributed by atoms with Crippen LogP contribution in [0.15, 0.2) is 58.5 Å². The van der Waals surface area contributed by atoms with Crippen molar-refractivity contribution >= 4 is 22.7 Å². The lowest BCUT2D eigenvalue weighted by atomic mass is 10.2. The average Bonchev–Trinajstić information content (AvgIpc) is 3.45. The van der Waals surface area contributed by atoms with Crippen LogP contribution in [-0.4, -0.2) is 42.5 Å². The van der Waals surface area contributed by atoms with Crippen LogP contribution in [0.5, 0.6) is 0 Å². The van der Waals surface area contributed by atoms with Crippen LogP contribution in [-0.2, 0) is 17.2 Å². The van der Waals surface area contributed by atoms with Gasteiger partial charge in [0.1, 0.15) is 11.3 Å². The van der Waals surface area contributed by atoms with Gasteiger partial charge >= 0.3 is 0 Å². The second kappa shape index (κ2) is 8.56. The minimum absolute atomic E-state index is 0.0673. The zero-order valence-electron chi connectivity index (χ0n) is 16.5. The van der Waals surface area contributed by atoms with Gasteiger partial charge in [-0.2, -0.15) is 4.68 Å². The molecule has 0 radical (unpaired) electrons. The topological polar surface area (TPSA) is 87.7 Å². The number of benzene rings is 2. The first-order valence-corrected chi connectivity index (χ1v) is 10.9. The highest BCUT2D eigenvalue weighted by molar-refractivity contribution is 7.98. The Kier molecular flexibility index (Phi) is 5.47. The van der Waals surface area contributed by atoms with Crippen LogP contribution >= 0.6 is 11.8 Å². The summed E-state index contributed by atoms with van der Waals surface area (Å²) >= 11 is 1.35. The van der Waals surface area contributed by atoms with Gasteiger partial charge in [0.15, 0.2) is 11.0 Å². The molecule has 5 rings (SSSR count). The number of fused-ring (bicyclic) bond motifs is 1. The van der Waals surface area contributed by atoms with Crippen LogP contribution < -0.4 is 5.56 Å². The van der Waals surface area contributed by atoms with Crippen molar-refractivity contribution in [1.82, 2.24) is 29.8 Å². The normalized spacial score (nSPS) is 16.2. The van der Waals surface area contributed by atoms with Gasteiger partial charge in [-0.25, -0.2) is 4.39 Å². The Morgan fingerprint density at radius 1 is 1.10 bits per heavy atom. The van der Waals surface area contributed by atoms with Gasteiger partial charge in [-0.3, -0.25) is 9.36 Å². The number of hydrogen-bond acceptors (Lipinski definition) is 7. The molecule has 0 aliphatic carbocycles. The van der Waals surface area contributed by atoms with Crippen LogP contribution in [0.3, 0.4) is 0 Å². The Morgan fingerprint density at radius 2 is 1.94 bits per heavy atom. The largest absolute Gasteiger partial charge is 0.376 e. The van der Waals surface area contributed by atoms with Gasteiger partial charge in [-0.05, 0) is 49.2 Å². The molecule has 0 bridgehead atoms. The maximum atomic E-state index is 13.4. The molecule has 0 spiro atoms. The Morgan fingerprint density at radius 3 is 2.74 bits per heavy atom. The quantitative estimate of drug-likeness (QED) is 0.428. The van der Waals surface area contributed by atoms with Crippen molar-refractivity contribution in [2.45, 2.75) is 36.5 Å². The van der Waals surface area contributed by atoms with E-state index in [1.54, 1.807) is 30.3 Å². The van der Waals surface area contributed by atoms with Crippen molar-refractivity contribution in [2.75, 3.05) is 6.61 Å². The molecular formula is C21H19FN6O2S. The minimum atomic E-state index is -0.308. The molecule has 0 amide bonds. The summed E-state index contributed by atoms with van der Waals surface area (Å²) in [6.07, 6.45) is 2.04. The van der Waals surface area contributed by atoms with E-state index in [1.807, 2.05) is 10.6 Å². The molecule has 3 heterocycles. The molecule has 10 heteroatoms. The standard InChI is InChI=1S/C21H19FN6O2S/c22-15-9-7-14(8-10-15)19-24-25-21(27(19)12-16-4-3-11-30-16)31-13-28-20(29)17-5-1-2-6-18(17)23-26-28/h1-2,5-10,16H,3-4,11-13H2. The van der Waals surface area contributed by atoms with Gasteiger partial charge in [-0.1, -0.05) is 29.1 Å². The molecule has 1 unspecified atom stereocenters. The van der Waals surface area contributed by atoms with Gasteiger partial charge in [0, 0.05) is 12.2 Å². The third kappa shape index (κ3) is 4.08. The van der Waals surface area contributed by atoms with Gasteiger partial charge in [0.05, 0.1) is 23.9 Å². The third-order valence-corrected chi connectivity index (χ3v) is 6.11. The summed E-state index contributed by atoms with van der Waals surface area (Å²) in [5.74, 6) is 0.566. The number of rotatable bonds is 6. The number of nitrogens with zero attached hydrogens (tertiary/aromatic N) is 6. The highest BCUT2D eigenvalue weighted by atomic mass is 32.2. The molecule has 31 heavy (non-hydrogen) atoms. The Hall–Kier alpha value is -3.11. The monoisotopic (exact) mass is 438 g/mol. The zero-order chi connectivity index (χ0) is 21.2. The predicted octanol–water partition coefficient (Wildman–Crippen LogP) is 3.12. The van der Waals surface area contributed by atoms with E-state index in [0.29, 0.717) is 28.4 Å². The van der Waals surface area contributed by atoms with E-state index in [1.165, 1.54) is 28.6 Å². The number of halogens is 1. The molecule has 158 valence electrons. The van der Waals surface area contributed by atoms with E-state index >= 15 is 0 Å². The Balaban J connectivity index is 1.45. The summed E-state index contributed by atoms with van der Waals surface area (Å²) in [5, 5.41) is 18.0. The Labute approximate surface area is 181 Å². The van der Waals surface area contributed by atoms with E-state index in [0.717, 1.165) is 25.0 Å². The number of aromatic nitrogens is 6. The number of ether oxygens (including phenoxy) is 1. The Bertz CT molecular complexity index is 1270. The summed E-state index contributed by atoms with van der Waals surface area (Å²) in [4.78, 5) is 12.7. The van der Waals surface area contributed by atoms with Gasteiger partial charge < -0.3 is 4.74 Å². The lowest BCUT2D eigenvalue weighted by Crippen LogP contribution is -2.23. The highest BCUT2D eigenvalue weighted by Crippen LogP contribution is 2.27. The van der Waals surface area contributed by atoms with Gasteiger partial charge in [0.2, 0.25) is 0 Å². The summed E-state index contributed by atoms with van der Waals surface area (Å²) in [7, 11) is 0. The highest BCUT2D eigenvalue weighted by Gasteiger charge is 2.22. The number of thioether (sulfide) groups is 1. The molecule has 4 aromatic rings. The van der Waals surface area contributed by atoms with Crippen molar-refractivity contribution in [1.29, 1.82) is 0 Å². The van der Waals surface area contributed by atoms with E-state index < -0.39 is 0 Å². The average molecular weight is 438 g/mol. The molecule has 0 N–H and O–H groups in total. The maximum Gasteiger partial charge on any atom is 0.278 e. The van der Waals surface area contributed by atoms with E-state index in [2.05, 4.69) is 20.5 Å². The van der Waals surface area contributed by atoms with Crippen molar-refractivity contribution in [3.63, 3.8) is 0 Å². The molecule has 2 aromatic carbocycles. The molecular weight excluding hydrogens is 419 g/mol. The van der Waals surface area contributed by atoms with Crippen molar-refractivity contribution < 1.29 is 9.13 Å². The first-order valence-electron chi connectivity index (χ1n) is 9.95. The molecule has 1 aliphatic heterocycles. The van der Waals surface area contributed by atoms with Crippen molar-refractivity contribution in [3.8, 4) is 11.4 Å². The molecule has 1 atom stereocenters. The lowest BCUT2D eigenvalue weighted by molar-refractivity contribution is 0.0953. The maximum absolute atomic E-state index is 13.4. The summed E-state index contributed by atoms with van der Waals surface area (Å²) < 4.78 is 22.5. The fourth-order valence-corrected chi connectivity index (χ4v) is 4.41. The van der Waals surface area contributed by atoms with Crippen molar-refractivity contribution in [2.24, 2.45) is 0 Å². The van der Waals surface area contributed by atoms with E-state index in [9.17, 15) is 9.18 Å². The predicted molar refractivity (Wildman–Crippen MR) is 114 cm³/mol. The molecule has 0 saturated carbocycles. The smallest absolute Gasteiger partial charge is 0.278 e. The molecule has 2 aromatic heterocycles. The molecule has 1 saturated heterocycles. The zero-order valence-corrected chi connectivity index (χ0v) is 17.3. The van der Waals surface area contributed by atoms with E-state index in [-0.39, 0.29) is 23.4 Å². The fraction of sp³-hybridized carbons (Fsp3) is 0.286. The van der Waals surface area contributed by atoms with Crippen LogP contribution in [0.4, 0.5) is 4.39 Å². The summed E-state index contributed by atoms with van der Waals surface area (Å²) in [6.45, 7) is 1.32. The molecule has 8 nitrogen and oxygen atoms in total. The van der Waals surface area contributed by atoms with Crippen LogP contribution in [0, 0.1) is 5.82 Å². The lowest BCUT2D eigenvalue weighted by Gasteiger charge is -2.15. The van der Waals surface area contributed by atoms with Gasteiger partial charge in [-0.15, -0.1) is 15.3 Å². The minimum Gasteiger partial charge on any atom is -0.376 e. The number of hydrogen-bond donors (Lipinski definition) is 0. The molecule has 1 aliphatic rings. The van der Waals surface area contributed by atoms with Crippen molar-refractivity contribution in [3.05, 3.63) is 64.7 Å². The van der Waals surface area contributed by atoms with E-state index in [4.69, 9.17) is 4.74 Å². The molecule has 1 fully saturated rings. The third-order valence-electron chi connectivity index (χ3n) is 5.17. The fourth-order valence-electron chi connectivity index (χ4n) is 3.59. The second-order valence-electron chi connectivity index (χ2n) is 7.24. The first-order chi connectivity index (χ1) is 15.2. The van der Waals surface area contributed by atoms with Crippen LogP contribution in [0.2, 0.25) is 0 Å². The van der Waals surface area contributed by atoms with Crippen LogP contribution in [0.1, 0.15) is 12.8 Å². The summed E-state index contributed by atoms with van der Waals surface area (Å²) in [5.41, 5.74) is 1.12. The van der Waals surface area contributed by atoms with Crippen LogP contribution in [0.25, 0.3) is 22.3 Å². The second-order valence-corrected chi connectivity index (χ2v) is 8.16. The first kappa shape index (κ1) is 19.8.